The lowest BCUT2D eigenvalue weighted by molar-refractivity contribution is 0.102. The third-order valence-corrected chi connectivity index (χ3v) is 6.96. The zero-order chi connectivity index (χ0) is 22.9. The second kappa shape index (κ2) is 8.81. The number of carbonyl (C=O) groups is 1. The summed E-state index contributed by atoms with van der Waals surface area (Å²) in [6.45, 7) is 0. The summed E-state index contributed by atoms with van der Waals surface area (Å²) in [7, 11) is 0. The Morgan fingerprint density at radius 2 is 1.44 bits per heavy atom. The molecule has 0 atom stereocenters. The van der Waals surface area contributed by atoms with Crippen molar-refractivity contribution in [1.82, 2.24) is 4.98 Å². The van der Waals surface area contributed by atoms with E-state index in [0.29, 0.717) is 5.22 Å². The highest BCUT2D eigenvalue weighted by molar-refractivity contribution is 7.99. The first-order valence-corrected chi connectivity index (χ1v) is 12.2. The normalized spacial score (nSPS) is 11.8. The molecule has 1 heterocycles. The molecule has 1 aromatic heterocycles. The Hall–Kier alpha value is -3.89. The van der Waals surface area contributed by atoms with Crippen molar-refractivity contribution >= 4 is 17.5 Å². The van der Waals surface area contributed by atoms with Crippen molar-refractivity contribution in [2.45, 2.75) is 11.6 Å². The van der Waals surface area contributed by atoms with Crippen molar-refractivity contribution in [3.05, 3.63) is 120 Å². The van der Waals surface area contributed by atoms with Gasteiger partial charge in [-0.2, -0.15) is 0 Å². The highest BCUT2D eigenvalue weighted by Crippen LogP contribution is 2.38. The second-order valence-electron chi connectivity index (χ2n) is 8.31. The van der Waals surface area contributed by atoms with Gasteiger partial charge in [-0.25, -0.2) is 4.98 Å². The molecule has 1 aliphatic carbocycles. The number of nitrogens with zero attached hydrogens (tertiary/aromatic N) is 1. The van der Waals surface area contributed by atoms with Gasteiger partial charge in [0.15, 0.2) is 11.5 Å². The molecule has 0 fully saturated rings. The van der Waals surface area contributed by atoms with Crippen LogP contribution in [-0.2, 0) is 6.42 Å². The largest absolute Gasteiger partial charge is 0.431 e. The number of aromatic nitrogens is 1. The number of rotatable bonds is 6. The van der Waals surface area contributed by atoms with E-state index < -0.39 is 0 Å². The van der Waals surface area contributed by atoms with Gasteiger partial charge in [-0.05, 0) is 34.7 Å². The molecule has 0 N–H and O–H groups in total. The molecule has 0 unspecified atom stereocenters. The molecular formula is C30H21NO2S. The summed E-state index contributed by atoms with van der Waals surface area (Å²) in [5.74, 6) is 1.07. The first-order chi connectivity index (χ1) is 16.8. The number of thioether (sulfide) groups is 1. The van der Waals surface area contributed by atoms with E-state index in [2.05, 4.69) is 30.3 Å². The molecule has 5 aromatic rings. The molecule has 4 heteroatoms. The lowest BCUT2D eigenvalue weighted by Crippen LogP contribution is -2.03. The van der Waals surface area contributed by atoms with Crippen LogP contribution in [0.4, 0.5) is 0 Å². The van der Waals surface area contributed by atoms with E-state index in [0.717, 1.165) is 34.6 Å². The summed E-state index contributed by atoms with van der Waals surface area (Å²) < 4.78 is 6.16. The minimum atomic E-state index is 0.0736. The molecule has 0 amide bonds. The summed E-state index contributed by atoms with van der Waals surface area (Å²) in [6.07, 6.45) is 0.875. The van der Waals surface area contributed by atoms with Gasteiger partial charge in [-0.3, -0.25) is 4.79 Å². The number of Topliss-reactive ketones (excluding diaryl/α,β-unsaturated/α-hetero) is 1. The van der Waals surface area contributed by atoms with Crippen molar-refractivity contribution < 1.29 is 9.21 Å². The first-order valence-electron chi connectivity index (χ1n) is 11.2. The number of fused-ring (bicyclic) bond motifs is 3. The Labute approximate surface area is 202 Å². The SMILES string of the molecule is O=C(CSc1nc(-c2ccccc2)c(-c2ccccc2)o1)c1ccc2c(c1)Cc1ccccc1-2. The Bertz CT molecular complexity index is 1430. The zero-order valence-electron chi connectivity index (χ0n) is 18.4. The fourth-order valence-corrected chi connectivity index (χ4v) is 5.19. The fraction of sp³-hybridized carbons (Fsp3) is 0.0667. The first kappa shape index (κ1) is 20.7. The van der Waals surface area contributed by atoms with Gasteiger partial charge in [0.05, 0.1) is 5.75 Å². The van der Waals surface area contributed by atoms with Crippen molar-refractivity contribution in [1.29, 1.82) is 0 Å². The van der Waals surface area contributed by atoms with Crippen LogP contribution in [0.15, 0.2) is 113 Å². The molecule has 4 aromatic carbocycles. The van der Waals surface area contributed by atoms with Gasteiger partial charge in [0.25, 0.3) is 5.22 Å². The van der Waals surface area contributed by atoms with E-state index >= 15 is 0 Å². The standard InChI is InChI=1S/C30H21NO2S/c32-27(23-15-16-26-24(18-23)17-22-13-7-8-14-25(22)26)19-34-30-31-28(20-9-3-1-4-10-20)29(33-30)21-11-5-2-6-12-21/h1-16,18H,17,19H2. The molecular weight excluding hydrogens is 438 g/mol. The molecule has 164 valence electrons. The van der Waals surface area contributed by atoms with Crippen molar-refractivity contribution in [3.8, 4) is 33.7 Å². The van der Waals surface area contributed by atoms with Gasteiger partial charge in [0.2, 0.25) is 0 Å². The summed E-state index contributed by atoms with van der Waals surface area (Å²) in [4.78, 5) is 17.8. The minimum Gasteiger partial charge on any atom is -0.431 e. The average molecular weight is 460 g/mol. The van der Waals surface area contributed by atoms with E-state index in [1.165, 1.54) is 34.0 Å². The smallest absolute Gasteiger partial charge is 0.257 e. The zero-order valence-corrected chi connectivity index (χ0v) is 19.2. The maximum Gasteiger partial charge on any atom is 0.257 e. The molecule has 0 aliphatic heterocycles. The summed E-state index contributed by atoms with van der Waals surface area (Å²) in [5.41, 5.74) is 8.50. The van der Waals surface area contributed by atoms with Gasteiger partial charge >= 0.3 is 0 Å². The third-order valence-electron chi connectivity index (χ3n) is 6.13. The van der Waals surface area contributed by atoms with Gasteiger partial charge in [-0.15, -0.1) is 0 Å². The number of oxazole rings is 1. The highest BCUT2D eigenvalue weighted by atomic mass is 32.2. The van der Waals surface area contributed by atoms with Crippen LogP contribution in [0.2, 0.25) is 0 Å². The quantitative estimate of drug-likeness (QED) is 0.190. The highest BCUT2D eigenvalue weighted by Gasteiger charge is 2.21. The third kappa shape index (κ3) is 3.87. The van der Waals surface area contributed by atoms with Gasteiger partial charge in [0.1, 0.15) is 5.69 Å². The van der Waals surface area contributed by atoms with Crippen LogP contribution in [0.1, 0.15) is 21.5 Å². The molecule has 0 saturated heterocycles. The predicted octanol–water partition coefficient (Wildman–Crippen LogP) is 7.55. The molecule has 0 radical (unpaired) electrons. The Kier molecular flexibility index (Phi) is 5.36. The van der Waals surface area contributed by atoms with Crippen LogP contribution in [-0.4, -0.2) is 16.5 Å². The van der Waals surface area contributed by atoms with Crippen LogP contribution in [0.3, 0.4) is 0 Å². The van der Waals surface area contributed by atoms with Gasteiger partial charge < -0.3 is 4.42 Å². The molecule has 0 bridgehead atoms. The van der Waals surface area contributed by atoms with E-state index in [1.807, 2.05) is 72.8 Å². The molecule has 0 saturated carbocycles. The van der Waals surface area contributed by atoms with Crippen LogP contribution in [0.25, 0.3) is 33.7 Å². The maximum atomic E-state index is 13.0. The lowest BCUT2D eigenvalue weighted by Gasteiger charge is -2.04. The number of hydrogen-bond acceptors (Lipinski definition) is 4. The average Bonchev–Trinajstić information content (AvgIpc) is 3.49. The van der Waals surface area contributed by atoms with Crippen LogP contribution >= 0.6 is 11.8 Å². The summed E-state index contributed by atoms with van der Waals surface area (Å²) >= 11 is 1.34. The number of hydrogen-bond donors (Lipinski definition) is 0. The van der Waals surface area contributed by atoms with Crippen molar-refractivity contribution in [2.75, 3.05) is 5.75 Å². The van der Waals surface area contributed by atoms with Crippen molar-refractivity contribution in [2.24, 2.45) is 0 Å². The Morgan fingerprint density at radius 3 is 2.24 bits per heavy atom. The molecule has 6 rings (SSSR count). The number of ketones is 1. The fourth-order valence-electron chi connectivity index (χ4n) is 4.47. The van der Waals surface area contributed by atoms with Gasteiger partial charge in [-0.1, -0.05) is 109 Å². The Morgan fingerprint density at radius 1 is 0.765 bits per heavy atom. The van der Waals surface area contributed by atoms with Gasteiger partial charge in [0, 0.05) is 16.7 Å². The van der Waals surface area contributed by atoms with E-state index in [1.54, 1.807) is 0 Å². The van der Waals surface area contributed by atoms with E-state index in [-0.39, 0.29) is 11.5 Å². The van der Waals surface area contributed by atoms with Crippen LogP contribution in [0, 0.1) is 0 Å². The lowest BCUT2D eigenvalue weighted by atomic mass is 10.0. The predicted molar refractivity (Wildman–Crippen MR) is 137 cm³/mol. The molecule has 1 aliphatic rings. The van der Waals surface area contributed by atoms with E-state index in [4.69, 9.17) is 9.40 Å². The minimum absolute atomic E-state index is 0.0736. The molecule has 0 spiro atoms. The second-order valence-corrected chi connectivity index (χ2v) is 9.23. The number of carbonyl (C=O) groups excluding carboxylic acids is 1. The Balaban J connectivity index is 1.24. The van der Waals surface area contributed by atoms with Crippen LogP contribution in [0.5, 0.6) is 0 Å². The summed E-state index contributed by atoms with van der Waals surface area (Å²) in [6, 6.07) is 34.4. The monoisotopic (exact) mass is 459 g/mol. The molecule has 3 nitrogen and oxygen atoms in total. The topological polar surface area (TPSA) is 43.1 Å². The van der Waals surface area contributed by atoms with E-state index in [9.17, 15) is 4.79 Å². The number of benzene rings is 4. The molecule has 34 heavy (non-hydrogen) atoms. The summed E-state index contributed by atoms with van der Waals surface area (Å²) in [5, 5.41) is 0.500. The van der Waals surface area contributed by atoms with Crippen molar-refractivity contribution in [3.63, 3.8) is 0 Å². The van der Waals surface area contributed by atoms with Crippen LogP contribution < -0.4 is 0 Å². The maximum absolute atomic E-state index is 13.0.